The number of hydrogen-bond donors (Lipinski definition) is 2. The van der Waals surface area contributed by atoms with Crippen LogP contribution in [0.15, 0.2) is 24.3 Å². The summed E-state index contributed by atoms with van der Waals surface area (Å²) in [5, 5.41) is 0. The molecule has 1 atom stereocenters. The summed E-state index contributed by atoms with van der Waals surface area (Å²) in [6.07, 6.45) is 2.21. The van der Waals surface area contributed by atoms with Gasteiger partial charge in [-0.25, -0.2) is 5.84 Å². The number of nitrogens with one attached hydrogen (secondary N) is 1. The number of hydrazine groups is 1. The van der Waals surface area contributed by atoms with Crippen LogP contribution in [0, 0.1) is 0 Å². The van der Waals surface area contributed by atoms with E-state index in [-0.39, 0.29) is 11.9 Å². The van der Waals surface area contributed by atoms with E-state index in [1.54, 1.807) is 0 Å². The number of benzene rings is 1. The van der Waals surface area contributed by atoms with E-state index in [1.807, 2.05) is 18.2 Å². The summed E-state index contributed by atoms with van der Waals surface area (Å²) in [4.78, 5) is 13.5. The second kappa shape index (κ2) is 6.43. The van der Waals surface area contributed by atoms with Crippen LogP contribution < -0.4 is 20.9 Å². The fourth-order valence-corrected chi connectivity index (χ4v) is 2.38. The third kappa shape index (κ3) is 3.38. The van der Waals surface area contributed by atoms with Crippen LogP contribution in [-0.2, 0) is 4.79 Å². The van der Waals surface area contributed by atoms with E-state index in [2.05, 4.69) is 23.3 Å². The van der Waals surface area contributed by atoms with Gasteiger partial charge in [0, 0.05) is 19.0 Å². The lowest BCUT2D eigenvalue weighted by Gasteiger charge is -2.30. The van der Waals surface area contributed by atoms with Crippen LogP contribution in [-0.4, -0.2) is 25.1 Å². The van der Waals surface area contributed by atoms with Gasteiger partial charge < -0.3 is 9.64 Å². The van der Waals surface area contributed by atoms with Crippen LogP contribution in [0.2, 0.25) is 0 Å². The van der Waals surface area contributed by atoms with Crippen LogP contribution in [0.1, 0.15) is 26.2 Å². The lowest BCUT2D eigenvalue weighted by molar-refractivity contribution is -0.121. The normalized spacial score (nSPS) is 16.0. The Kier molecular flexibility index (Phi) is 4.63. The van der Waals surface area contributed by atoms with E-state index in [1.165, 1.54) is 0 Å². The zero-order valence-electron chi connectivity index (χ0n) is 11.3. The molecular formula is C14H21N3O2. The number of rotatable bonds is 4. The van der Waals surface area contributed by atoms with Crippen molar-refractivity contribution >= 4 is 11.6 Å². The minimum atomic E-state index is -0.119. The van der Waals surface area contributed by atoms with Crippen LogP contribution in [0.4, 0.5) is 5.69 Å². The molecule has 0 fully saturated rings. The number of nitrogens with zero attached hydrogens (tertiary/aromatic N) is 1. The van der Waals surface area contributed by atoms with Crippen molar-refractivity contribution < 1.29 is 9.53 Å². The molecule has 3 N–H and O–H groups in total. The molecule has 1 aromatic carbocycles. The van der Waals surface area contributed by atoms with Crippen molar-refractivity contribution in [3.05, 3.63) is 24.3 Å². The van der Waals surface area contributed by atoms with E-state index in [9.17, 15) is 4.79 Å². The van der Waals surface area contributed by atoms with Crippen molar-refractivity contribution in [3.63, 3.8) is 0 Å². The first-order valence-electron chi connectivity index (χ1n) is 6.70. The third-order valence-electron chi connectivity index (χ3n) is 3.46. The van der Waals surface area contributed by atoms with Crippen LogP contribution >= 0.6 is 0 Å². The fourth-order valence-electron chi connectivity index (χ4n) is 2.38. The summed E-state index contributed by atoms with van der Waals surface area (Å²) < 4.78 is 5.73. The molecule has 0 radical (unpaired) electrons. The predicted octanol–water partition coefficient (Wildman–Crippen LogP) is 1.43. The van der Waals surface area contributed by atoms with Crippen molar-refractivity contribution in [1.29, 1.82) is 0 Å². The highest BCUT2D eigenvalue weighted by molar-refractivity contribution is 5.75. The topological polar surface area (TPSA) is 67.6 Å². The number of carbonyl (C=O) groups excluding carboxylic acids is 1. The molecule has 0 saturated heterocycles. The van der Waals surface area contributed by atoms with Crippen LogP contribution in [0.25, 0.3) is 0 Å². The number of nitrogens with two attached hydrogens (primary N) is 1. The number of ether oxygens (including phenoxy) is 1. The van der Waals surface area contributed by atoms with Gasteiger partial charge in [-0.15, -0.1) is 0 Å². The zero-order valence-corrected chi connectivity index (χ0v) is 11.3. The van der Waals surface area contributed by atoms with Gasteiger partial charge in [-0.2, -0.15) is 0 Å². The molecule has 1 aromatic rings. The van der Waals surface area contributed by atoms with Crippen molar-refractivity contribution in [2.75, 3.05) is 18.1 Å². The lowest BCUT2D eigenvalue weighted by Crippen LogP contribution is -2.36. The van der Waals surface area contributed by atoms with Gasteiger partial charge in [-0.1, -0.05) is 12.1 Å². The molecule has 0 saturated carbocycles. The molecular weight excluding hydrogens is 242 g/mol. The molecule has 5 nitrogen and oxygen atoms in total. The number of anilines is 1. The molecule has 2 rings (SSSR count). The van der Waals surface area contributed by atoms with Gasteiger partial charge in [-0.3, -0.25) is 10.2 Å². The van der Waals surface area contributed by atoms with E-state index in [4.69, 9.17) is 10.6 Å². The Bertz CT molecular complexity index is 436. The number of carbonyl (C=O) groups is 1. The number of amides is 1. The maximum atomic E-state index is 11.2. The Hall–Kier alpha value is -1.75. The van der Waals surface area contributed by atoms with Crippen LogP contribution in [0.3, 0.4) is 0 Å². The Labute approximate surface area is 113 Å². The largest absolute Gasteiger partial charge is 0.491 e. The second-order valence-corrected chi connectivity index (χ2v) is 4.82. The first-order chi connectivity index (χ1) is 9.22. The molecule has 104 valence electrons. The highest BCUT2D eigenvalue weighted by Gasteiger charge is 2.20. The summed E-state index contributed by atoms with van der Waals surface area (Å²) in [6.45, 7) is 3.82. The average molecular weight is 263 g/mol. The van der Waals surface area contributed by atoms with Gasteiger partial charge in [0.2, 0.25) is 5.91 Å². The molecule has 1 aliphatic heterocycles. The Balaban J connectivity index is 2.08. The van der Waals surface area contributed by atoms with Gasteiger partial charge in [0.15, 0.2) is 0 Å². The quantitative estimate of drug-likeness (QED) is 0.490. The summed E-state index contributed by atoms with van der Waals surface area (Å²) in [5.41, 5.74) is 3.28. The van der Waals surface area contributed by atoms with E-state index >= 15 is 0 Å². The van der Waals surface area contributed by atoms with Crippen molar-refractivity contribution in [2.24, 2.45) is 5.84 Å². The third-order valence-corrected chi connectivity index (χ3v) is 3.46. The summed E-state index contributed by atoms with van der Waals surface area (Å²) in [6, 6.07) is 8.34. The molecule has 1 heterocycles. The number of fused-ring (bicyclic) bond motifs is 1. The fraction of sp³-hybridized carbons (Fsp3) is 0.500. The molecule has 0 spiro atoms. The highest BCUT2D eigenvalue weighted by Crippen LogP contribution is 2.32. The minimum Gasteiger partial charge on any atom is -0.491 e. The molecule has 1 aliphatic rings. The molecule has 5 heteroatoms. The Morgan fingerprint density at radius 3 is 3.11 bits per heavy atom. The van der Waals surface area contributed by atoms with Crippen molar-refractivity contribution in [1.82, 2.24) is 5.43 Å². The maximum Gasteiger partial charge on any atom is 0.233 e. The van der Waals surface area contributed by atoms with Crippen LogP contribution in [0.5, 0.6) is 5.75 Å². The van der Waals surface area contributed by atoms with E-state index < -0.39 is 0 Å². The van der Waals surface area contributed by atoms with Gasteiger partial charge in [0.25, 0.3) is 0 Å². The number of hydrogen-bond acceptors (Lipinski definition) is 4. The van der Waals surface area contributed by atoms with Gasteiger partial charge in [0.1, 0.15) is 5.75 Å². The van der Waals surface area contributed by atoms with E-state index in [0.29, 0.717) is 6.42 Å². The van der Waals surface area contributed by atoms with Crippen molar-refractivity contribution in [3.8, 4) is 5.75 Å². The first-order valence-corrected chi connectivity index (χ1v) is 6.70. The second-order valence-electron chi connectivity index (χ2n) is 4.82. The predicted molar refractivity (Wildman–Crippen MR) is 74.9 cm³/mol. The summed E-state index contributed by atoms with van der Waals surface area (Å²) >= 11 is 0. The van der Waals surface area contributed by atoms with Crippen molar-refractivity contribution in [2.45, 2.75) is 32.2 Å². The summed E-state index contributed by atoms with van der Waals surface area (Å²) in [5.74, 6) is 5.91. The smallest absolute Gasteiger partial charge is 0.233 e. The lowest BCUT2D eigenvalue weighted by atomic mass is 10.1. The molecule has 0 aliphatic carbocycles. The highest BCUT2D eigenvalue weighted by atomic mass is 16.5. The molecule has 0 bridgehead atoms. The standard InChI is InChI=1S/C14H21N3O2/c1-11(7-8-14(18)16-15)17-9-4-10-19-13-6-3-2-5-12(13)17/h2-3,5-6,11H,4,7-10,15H2,1H3,(H,16,18). The molecule has 1 unspecified atom stereocenters. The number of para-hydroxylation sites is 2. The summed E-state index contributed by atoms with van der Waals surface area (Å²) in [7, 11) is 0. The minimum absolute atomic E-state index is 0.119. The van der Waals surface area contributed by atoms with Gasteiger partial charge >= 0.3 is 0 Å². The molecule has 0 aromatic heterocycles. The van der Waals surface area contributed by atoms with Gasteiger partial charge in [0.05, 0.1) is 12.3 Å². The van der Waals surface area contributed by atoms with E-state index in [0.717, 1.165) is 37.4 Å². The Morgan fingerprint density at radius 1 is 1.53 bits per heavy atom. The maximum absolute atomic E-state index is 11.2. The average Bonchev–Trinajstić information content (AvgIpc) is 2.66. The Morgan fingerprint density at radius 2 is 2.32 bits per heavy atom. The molecule has 19 heavy (non-hydrogen) atoms. The zero-order chi connectivity index (χ0) is 13.7. The van der Waals surface area contributed by atoms with Gasteiger partial charge in [-0.05, 0) is 31.9 Å². The SMILES string of the molecule is CC(CCC(=O)NN)N1CCCOc2ccccc21. The molecule has 1 amide bonds. The first kappa shape index (κ1) is 13.7. The monoisotopic (exact) mass is 263 g/mol.